The van der Waals surface area contributed by atoms with Gasteiger partial charge in [0.2, 0.25) is 0 Å². The molecule has 4 rings (SSSR count). The van der Waals surface area contributed by atoms with E-state index in [4.69, 9.17) is 10.4 Å². The molecule has 4 aromatic rings. The van der Waals surface area contributed by atoms with Gasteiger partial charge in [-0.05, 0) is 61.8 Å². The molecule has 0 spiro atoms. The van der Waals surface area contributed by atoms with Crippen LogP contribution in [-0.2, 0) is 22.0 Å². The van der Waals surface area contributed by atoms with Gasteiger partial charge < -0.3 is 5.73 Å². The van der Waals surface area contributed by atoms with Crippen LogP contribution < -0.4 is 27.0 Å². The van der Waals surface area contributed by atoms with Gasteiger partial charge in [-0.1, -0.05) is 121 Å². The summed E-state index contributed by atoms with van der Waals surface area (Å²) in [5.41, 5.74) is 6.40. The van der Waals surface area contributed by atoms with Gasteiger partial charge in [0.1, 0.15) is 0 Å². The van der Waals surface area contributed by atoms with E-state index in [0.717, 1.165) is 18.9 Å². The minimum atomic E-state index is -0.434. The van der Waals surface area contributed by atoms with Crippen molar-refractivity contribution in [3.05, 3.63) is 128 Å². The molecule has 2 N–H and O–H groups in total. The van der Waals surface area contributed by atoms with Gasteiger partial charge in [-0.3, -0.25) is 0 Å². The van der Waals surface area contributed by atoms with Crippen molar-refractivity contribution >= 4 is 46.8 Å². The van der Waals surface area contributed by atoms with Crippen LogP contribution in [0.5, 0.6) is 0 Å². The van der Waals surface area contributed by atoms with E-state index < -0.39 is 15.8 Å². The Hall–Kier alpha value is -1.65. The van der Waals surface area contributed by atoms with E-state index >= 15 is 0 Å². The molecular formula is C29H29ClNOP2Ru. The number of rotatable bonds is 9. The van der Waals surface area contributed by atoms with Crippen LogP contribution in [0.1, 0.15) is 0 Å². The third-order valence-electron chi connectivity index (χ3n) is 5.49. The summed E-state index contributed by atoms with van der Waals surface area (Å²) in [5.74, 6) is 0.470. The Balaban J connectivity index is 0.00000103. The molecule has 181 valence electrons. The third-order valence-corrected chi connectivity index (χ3v) is 10.9. The first kappa shape index (κ1) is 29.6. The zero-order chi connectivity index (χ0) is 25.3. The second kappa shape index (κ2) is 17.7. The number of nitrogens with two attached hydrogens (primary N) is 1. The van der Waals surface area contributed by atoms with Gasteiger partial charge >= 0.3 is 38.3 Å². The quantitative estimate of drug-likeness (QED) is 0.117. The molecule has 2 nitrogen and oxygen atoms in total. The van der Waals surface area contributed by atoms with Crippen LogP contribution in [0.15, 0.2) is 121 Å². The van der Waals surface area contributed by atoms with Gasteiger partial charge in [-0.2, -0.15) is 0 Å². The molecule has 0 bridgehead atoms. The summed E-state index contributed by atoms with van der Waals surface area (Å²) in [5, 5.41) is 5.74. The zero-order valence-corrected chi connectivity index (χ0v) is 23.6. The van der Waals surface area contributed by atoms with Crippen LogP contribution in [0, 0.1) is 12.6 Å². The van der Waals surface area contributed by atoms with Crippen LogP contribution in [0.3, 0.4) is 0 Å². The third kappa shape index (κ3) is 9.39. The molecule has 0 aliphatic heterocycles. The van der Waals surface area contributed by atoms with E-state index in [0.29, 0.717) is 5.92 Å². The number of hydrogen-bond acceptors (Lipinski definition) is 1. The fourth-order valence-corrected chi connectivity index (χ4v) is 9.24. The van der Waals surface area contributed by atoms with Gasteiger partial charge in [0.15, 0.2) is 0 Å². The Morgan fingerprint density at radius 3 is 1.00 bits per heavy atom. The van der Waals surface area contributed by atoms with Crippen LogP contribution >= 0.6 is 25.5 Å². The monoisotopic (exact) mass is 606 g/mol. The molecule has 0 heterocycles. The summed E-state index contributed by atoms with van der Waals surface area (Å²) in [6.07, 6.45) is 2.25. The summed E-state index contributed by atoms with van der Waals surface area (Å²) < 4.78 is 7.50. The molecule has 35 heavy (non-hydrogen) atoms. The van der Waals surface area contributed by atoms with Crippen LogP contribution in [0.4, 0.5) is 0 Å². The summed E-state index contributed by atoms with van der Waals surface area (Å²) in [6, 6.07) is 43.9. The maximum atomic E-state index is 7.50. The van der Waals surface area contributed by atoms with E-state index in [1.807, 2.05) is 17.3 Å². The molecule has 0 unspecified atom stereocenters. The standard InChI is InChI=1S/C28H29NP2.CO.ClH.Ru/c29-21-24(22-30(25-13-5-1-6-14-25)26-15-7-2-8-16-26)23-31(27-17-9-3-10-18-27)28-19-11-4-12-20-28;1-2;;/h1-20,24H,21-23,29H2;;1H;/q;;;+1/p-1. The van der Waals surface area contributed by atoms with Crippen molar-refractivity contribution in [1.29, 1.82) is 0 Å². The molecule has 0 radical (unpaired) electrons. The second-order valence-electron chi connectivity index (χ2n) is 7.67. The first-order valence-corrected chi connectivity index (χ1v) is 16.4. The Kier molecular flexibility index (Phi) is 15.0. The molecule has 0 fully saturated rings. The molecule has 0 atom stereocenters. The zero-order valence-electron chi connectivity index (χ0n) is 19.4. The van der Waals surface area contributed by atoms with Crippen molar-refractivity contribution in [1.82, 2.24) is 0 Å². The Bertz CT molecular complexity index is 922. The molecule has 0 aliphatic carbocycles. The topological polar surface area (TPSA) is 45.9 Å². The van der Waals surface area contributed by atoms with E-state index in [9.17, 15) is 0 Å². The fourth-order valence-electron chi connectivity index (χ4n) is 3.87. The van der Waals surface area contributed by atoms with Gasteiger partial charge in [0.25, 0.3) is 0 Å². The molecule has 0 amide bonds. The Labute approximate surface area is 226 Å². The van der Waals surface area contributed by atoms with Crippen LogP contribution in [-0.4, -0.2) is 18.9 Å². The average Bonchev–Trinajstić information content (AvgIpc) is 2.97. The number of benzene rings is 4. The summed E-state index contributed by atoms with van der Waals surface area (Å²) >= 11 is 1.82. The van der Waals surface area contributed by atoms with E-state index in [1.54, 1.807) is 0 Å². The van der Waals surface area contributed by atoms with Crippen molar-refractivity contribution in [2.45, 2.75) is 0 Å². The van der Waals surface area contributed by atoms with Crippen molar-refractivity contribution in [2.24, 2.45) is 11.7 Å². The summed E-state index contributed by atoms with van der Waals surface area (Å²) in [4.78, 5) is 0. The molecular weight excluding hydrogens is 577 g/mol. The first-order valence-electron chi connectivity index (χ1n) is 11.1. The van der Waals surface area contributed by atoms with E-state index in [1.165, 1.54) is 21.2 Å². The first-order chi connectivity index (χ1) is 17.3. The molecule has 4 aromatic carbocycles. The van der Waals surface area contributed by atoms with Crippen molar-refractivity contribution in [3.8, 4) is 0 Å². The van der Waals surface area contributed by atoms with Gasteiger partial charge in [0.05, 0.1) is 0 Å². The second-order valence-corrected chi connectivity index (χ2v) is 12.2. The summed E-state index contributed by atoms with van der Waals surface area (Å²) in [7, 11) is 3.70. The number of halogens is 1. The summed E-state index contributed by atoms with van der Waals surface area (Å²) in [6.45, 7) is 5.22. The van der Waals surface area contributed by atoms with Crippen LogP contribution in [0.25, 0.3) is 0 Å². The Morgan fingerprint density at radius 2 is 0.800 bits per heavy atom. The van der Waals surface area contributed by atoms with Crippen molar-refractivity contribution in [3.63, 3.8) is 0 Å². The fraction of sp³-hybridized carbons (Fsp3) is 0.138. The van der Waals surface area contributed by atoms with Crippen LogP contribution in [0.2, 0.25) is 0 Å². The molecule has 0 aromatic heterocycles. The average molecular weight is 606 g/mol. The predicted molar refractivity (Wildman–Crippen MR) is 150 cm³/mol. The molecule has 0 saturated carbocycles. The molecule has 6 heteroatoms. The SMILES string of the molecule is NCC(CP(c1ccccc1)c1ccccc1)CP(c1ccccc1)c1ccccc1.[C-]#[O+].[Cl][Ru]. The predicted octanol–water partition coefficient (Wildman–Crippen LogP) is 5.48. The normalized spacial score (nSPS) is 10.3. The molecule has 0 aliphatic rings. The Morgan fingerprint density at radius 1 is 0.571 bits per heavy atom. The number of hydrogen-bond donors (Lipinski definition) is 1. The van der Waals surface area contributed by atoms with Gasteiger partial charge in [-0.15, -0.1) is 0 Å². The van der Waals surface area contributed by atoms with Gasteiger partial charge in [-0.25, -0.2) is 0 Å². The van der Waals surface area contributed by atoms with Gasteiger partial charge in [0, 0.05) is 0 Å². The molecule has 0 saturated heterocycles. The van der Waals surface area contributed by atoms with E-state index in [2.05, 4.69) is 138 Å². The van der Waals surface area contributed by atoms with Crippen molar-refractivity contribution in [2.75, 3.05) is 18.9 Å². The van der Waals surface area contributed by atoms with E-state index in [-0.39, 0.29) is 0 Å². The van der Waals surface area contributed by atoms with Crippen molar-refractivity contribution < 1.29 is 22.0 Å². The maximum absolute atomic E-state index is 7.50. The minimum absolute atomic E-state index is 0.434.